The topological polar surface area (TPSA) is 35.5 Å². The van der Waals surface area contributed by atoms with Crippen LogP contribution >= 0.6 is 0 Å². The van der Waals surface area contributed by atoms with Crippen LogP contribution in [-0.4, -0.2) is 20.7 Å². The second kappa shape index (κ2) is 6.75. The van der Waals surface area contributed by atoms with Gasteiger partial charge in [-0.05, 0) is 57.6 Å². The highest BCUT2D eigenvalue weighted by Crippen LogP contribution is 2.31. The van der Waals surface area contributed by atoms with Gasteiger partial charge in [-0.1, -0.05) is 6.07 Å². The van der Waals surface area contributed by atoms with E-state index in [9.17, 15) is 4.79 Å². The molecule has 0 heterocycles. The summed E-state index contributed by atoms with van der Waals surface area (Å²) in [5, 5.41) is 0. The SMILES string of the molecule is CCOc1cc(CCC(C)=O)ccc1O[Si](C)(C)C. The predicted octanol–water partition coefficient (Wildman–Crippen LogP) is 3.82. The molecule has 0 radical (unpaired) electrons. The van der Waals surface area contributed by atoms with Crippen molar-refractivity contribution in [3.05, 3.63) is 23.8 Å². The van der Waals surface area contributed by atoms with Crippen molar-refractivity contribution in [1.29, 1.82) is 0 Å². The zero-order valence-corrected chi connectivity index (χ0v) is 13.6. The first-order valence-corrected chi connectivity index (χ1v) is 10.2. The maximum absolute atomic E-state index is 11.0. The van der Waals surface area contributed by atoms with Crippen molar-refractivity contribution < 1.29 is 14.0 Å². The van der Waals surface area contributed by atoms with E-state index < -0.39 is 8.32 Å². The normalized spacial score (nSPS) is 11.2. The monoisotopic (exact) mass is 280 g/mol. The third-order valence-electron chi connectivity index (χ3n) is 2.49. The molecule has 0 aromatic heterocycles. The Morgan fingerprint density at radius 1 is 1.21 bits per heavy atom. The summed E-state index contributed by atoms with van der Waals surface area (Å²) in [4.78, 5) is 11.0. The van der Waals surface area contributed by atoms with Gasteiger partial charge in [0.15, 0.2) is 5.75 Å². The molecule has 1 rings (SSSR count). The average Bonchev–Trinajstić information content (AvgIpc) is 2.28. The van der Waals surface area contributed by atoms with Crippen LogP contribution in [0.5, 0.6) is 11.5 Å². The number of rotatable bonds is 7. The highest BCUT2D eigenvalue weighted by Gasteiger charge is 2.19. The molecule has 1 aromatic carbocycles. The van der Waals surface area contributed by atoms with E-state index in [1.807, 2.05) is 25.1 Å². The van der Waals surface area contributed by atoms with Gasteiger partial charge in [-0.3, -0.25) is 0 Å². The number of hydrogen-bond acceptors (Lipinski definition) is 3. The van der Waals surface area contributed by atoms with Crippen LogP contribution in [0.1, 0.15) is 25.8 Å². The smallest absolute Gasteiger partial charge is 0.242 e. The highest BCUT2D eigenvalue weighted by atomic mass is 28.4. The number of benzene rings is 1. The van der Waals surface area contributed by atoms with Gasteiger partial charge in [0.1, 0.15) is 11.5 Å². The summed E-state index contributed by atoms with van der Waals surface area (Å²) in [7, 11) is -1.65. The summed E-state index contributed by atoms with van der Waals surface area (Å²) in [6, 6.07) is 5.96. The molecular formula is C15H24O3Si. The second-order valence-corrected chi connectivity index (χ2v) is 10.1. The standard InChI is InChI=1S/C15H24O3Si/c1-6-17-15-11-13(8-7-12(2)16)9-10-14(15)18-19(3,4)5/h9-11H,6-8H2,1-5H3. The lowest BCUT2D eigenvalue weighted by molar-refractivity contribution is -0.116. The lowest BCUT2D eigenvalue weighted by Gasteiger charge is -2.22. The molecule has 0 N–H and O–H groups in total. The third-order valence-corrected chi connectivity index (χ3v) is 3.32. The van der Waals surface area contributed by atoms with Gasteiger partial charge in [0.25, 0.3) is 0 Å². The van der Waals surface area contributed by atoms with E-state index in [2.05, 4.69) is 19.6 Å². The van der Waals surface area contributed by atoms with Crippen LogP contribution in [0.15, 0.2) is 18.2 Å². The van der Waals surface area contributed by atoms with Crippen LogP contribution in [0.25, 0.3) is 0 Å². The molecule has 19 heavy (non-hydrogen) atoms. The summed E-state index contributed by atoms with van der Waals surface area (Å²) in [5.41, 5.74) is 1.11. The predicted molar refractivity (Wildman–Crippen MR) is 80.6 cm³/mol. The molecule has 0 bridgehead atoms. The zero-order valence-electron chi connectivity index (χ0n) is 12.6. The largest absolute Gasteiger partial charge is 0.542 e. The quantitative estimate of drug-likeness (QED) is 0.712. The number of carbonyl (C=O) groups is 1. The Labute approximate surface area is 117 Å². The Hall–Kier alpha value is -1.29. The van der Waals surface area contributed by atoms with Crippen LogP contribution in [0.4, 0.5) is 0 Å². The van der Waals surface area contributed by atoms with Crippen LogP contribution in [-0.2, 0) is 11.2 Å². The number of hydrogen-bond donors (Lipinski definition) is 0. The van der Waals surface area contributed by atoms with Crippen molar-refractivity contribution in [3.8, 4) is 11.5 Å². The molecule has 0 saturated heterocycles. The van der Waals surface area contributed by atoms with E-state index >= 15 is 0 Å². The van der Waals surface area contributed by atoms with Gasteiger partial charge in [0.2, 0.25) is 8.32 Å². The molecule has 0 unspecified atom stereocenters. The van der Waals surface area contributed by atoms with Gasteiger partial charge in [-0.15, -0.1) is 0 Å². The minimum atomic E-state index is -1.65. The van der Waals surface area contributed by atoms with E-state index in [0.29, 0.717) is 13.0 Å². The molecule has 0 aliphatic rings. The first-order valence-electron chi connectivity index (χ1n) is 6.76. The van der Waals surface area contributed by atoms with Crippen molar-refractivity contribution in [1.82, 2.24) is 0 Å². The average molecular weight is 280 g/mol. The molecule has 0 amide bonds. The van der Waals surface area contributed by atoms with Crippen LogP contribution in [0.2, 0.25) is 19.6 Å². The number of Topliss-reactive ketones (excluding diaryl/α,β-unsaturated/α-hetero) is 1. The molecule has 106 valence electrons. The minimum absolute atomic E-state index is 0.209. The Bertz CT molecular complexity index is 436. The maximum atomic E-state index is 11.0. The summed E-state index contributed by atoms with van der Waals surface area (Å²) in [6.07, 6.45) is 1.32. The van der Waals surface area contributed by atoms with Gasteiger partial charge < -0.3 is 14.0 Å². The fourth-order valence-electron chi connectivity index (χ4n) is 1.71. The molecule has 0 aliphatic heterocycles. The molecule has 0 aliphatic carbocycles. The molecule has 3 nitrogen and oxygen atoms in total. The number of carbonyl (C=O) groups excluding carboxylic acids is 1. The fourth-order valence-corrected chi connectivity index (χ4v) is 2.54. The van der Waals surface area contributed by atoms with E-state index in [-0.39, 0.29) is 5.78 Å². The third kappa shape index (κ3) is 5.92. The van der Waals surface area contributed by atoms with Crippen LogP contribution < -0.4 is 9.16 Å². The van der Waals surface area contributed by atoms with E-state index in [0.717, 1.165) is 23.5 Å². The molecule has 0 atom stereocenters. The Morgan fingerprint density at radius 3 is 2.42 bits per heavy atom. The first kappa shape index (κ1) is 15.8. The van der Waals surface area contributed by atoms with Crippen molar-refractivity contribution in [2.45, 2.75) is 46.3 Å². The molecule has 0 saturated carbocycles. The van der Waals surface area contributed by atoms with E-state index in [4.69, 9.17) is 9.16 Å². The lowest BCUT2D eigenvalue weighted by Crippen LogP contribution is -2.29. The van der Waals surface area contributed by atoms with Crippen molar-refractivity contribution >= 4 is 14.1 Å². The summed E-state index contributed by atoms with van der Waals surface area (Å²) >= 11 is 0. The Balaban J connectivity index is 2.90. The molecule has 1 aromatic rings. The van der Waals surface area contributed by atoms with Gasteiger partial charge in [-0.2, -0.15) is 0 Å². The van der Waals surface area contributed by atoms with Gasteiger partial charge >= 0.3 is 0 Å². The lowest BCUT2D eigenvalue weighted by atomic mass is 10.1. The fraction of sp³-hybridized carbons (Fsp3) is 0.533. The minimum Gasteiger partial charge on any atom is -0.542 e. The van der Waals surface area contributed by atoms with E-state index in [1.165, 1.54) is 0 Å². The van der Waals surface area contributed by atoms with Gasteiger partial charge in [-0.25, -0.2) is 0 Å². The maximum Gasteiger partial charge on any atom is 0.242 e. The van der Waals surface area contributed by atoms with Crippen LogP contribution in [0, 0.1) is 0 Å². The first-order chi connectivity index (χ1) is 8.81. The molecular weight excluding hydrogens is 256 g/mol. The Morgan fingerprint density at radius 2 is 1.89 bits per heavy atom. The van der Waals surface area contributed by atoms with Crippen LogP contribution in [0.3, 0.4) is 0 Å². The zero-order chi connectivity index (χ0) is 14.5. The summed E-state index contributed by atoms with van der Waals surface area (Å²) in [5.74, 6) is 1.80. The molecule has 4 heteroatoms. The Kier molecular flexibility index (Phi) is 5.60. The van der Waals surface area contributed by atoms with Crippen molar-refractivity contribution in [3.63, 3.8) is 0 Å². The number of ether oxygens (including phenoxy) is 1. The van der Waals surface area contributed by atoms with Gasteiger partial charge in [0, 0.05) is 6.42 Å². The van der Waals surface area contributed by atoms with Crippen molar-refractivity contribution in [2.24, 2.45) is 0 Å². The second-order valence-electron chi connectivity index (χ2n) is 5.63. The van der Waals surface area contributed by atoms with Gasteiger partial charge in [0.05, 0.1) is 6.61 Å². The van der Waals surface area contributed by atoms with Crippen molar-refractivity contribution in [2.75, 3.05) is 6.61 Å². The molecule has 0 fully saturated rings. The molecule has 0 spiro atoms. The summed E-state index contributed by atoms with van der Waals surface area (Å²) < 4.78 is 11.7. The number of aryl methyl sites for hydroxylation is 1. The summed E-state index contributed by atoms with van der Waals surface area (Å²) in [6.45, 7) is 10.6. The van der Waals surface area contributed by atoms with E-state index in [1.54, 1.807) is 6.92 Å². The number of ketones is 1. The highest BCUT2D eigenvalue weighted by molar-refractivity contribution is 6.70.